The molecule has 3 nitrogen and oxygen atoms in total. The number of ether oxygens (including phenoxy) is 2. The van der Waals surface area contributed by atoms with E-state index in [0.29, 0.717) is 18.3 Å². The third kappa shape index (κ3) is 1.73. The van der Waals surface area contributed by atoms with E-state index in [1.54, 1.807) is 7.11 Å². The SMILES string of the molecule is CO[C@@H]1O[C@@H](CCC#N)[C@H]2c3ccccc3C[C@@H]12. The maximum absolute atomic E-state index is 8.75. The predicted molar refractivity (Wildman–Crippen MR) is 66.9 cm³/mol. The van der Waals surface area contributed by atoms with Crippen LogP contribution in [0.1, 0.15) is 29.9 Å². The molecule has 3 heteroatoms. The van der Waals surface area contributed by atoms with Crippen molar-refractivity contribution in [2.75, 3.05) is 7.11 Å². The van der Waals surface area contributed by atoms with Crippen molar-refractivity contribution in [2.45, 2.75) is 37.6 Å². The van der Waals surface area contributed by atoms with Gasteiger partial charge in [-0.15, -0.1) is 0 Å². The fraction of sp³-hybridized carbons (Fsp3) is 0.533. The minimum Gasteiger partial charge on any atom is -0.356 e. The lowest BCUT2D eigenvalue weighted by Gasteiger charge is -2.16. The first kappa shape index (κ1) is 11.7. The number of hydrogen-bond acceptors (Lipinski definition) is 3. The van der Waals surface area contributed by atoms with E-state index in [1.807, 2.05) is 0 Å². The Morgan fingerprint density at radius 2 is 2.28 bits per heavy atom. The van der Waals surface area contributed by atoms with Gasteiger partial charge in [-0.1, -0.05) is 24.3 Å². The molecule has 1 heterocycles. The third-order valence-corrected chi connectivity index (χ3v) is 4.16. The van der Waals surface area contributed by atoms with Gasteiger partial charge < -0.3 is 9.47 Å². The van der Waals surface area contributed by atoms with Crippen LogP contribution in [0.15, 0.2) is 24.3 Å². The molecule has 0 radical (unpaired) electrons. The lowest BCUT2D eigenvalue weighted by Crippen LogP contribution is -2.19. The second-order valence-electron chi connectivity index (χ2n) is 5.07. The van der Waals surface area contributed by atoms with Crippen LogP contribution in [-0.4, -0.2) is 19.5 Å². The average molecular weight is 243 g/mol. The number of nitriles is 1. The molecule has 1 aliphatic heterocycles. The molecule has 94 valence electrons. The maximum atomic E-state index is 8.75. The van der Waals surface area contributed by atoms with Gasteiger partial charge in [-0.2, -0.15) is 5.26 Å². The number of benzene rings is 1. The van der Waals surface area contributed by atoms with Gasteiger partial charge >= 0.3 is 0 Å². The molecule has 0 spiro atoms. The average Bonchev–Trinajstić information content (AvgIpc) is 2.93. The zero-order valence-electron chi connectivity index (χ0n) is 10.5. The van der Waals surface area contributed by atoms with E-state index >= 15 is 0 Å². The molecule has 0 unspecified atom stereocenters. The molecule has 1 aliphatic carbocycles. The Kier molecular flexibility index (Phi) is 3.07. The van der Waals surface area contributed by atoms with Gasteiger partial charge in [0.1, 0.15) is 0 Å². The summed E-state index contributed by atoms with van der Waals surface area (Å²) in [6, 6.07) is 10.8. The summed E-state index contributed by atoms with van der Waals surface area (Å²) in [4.78, 5) is 0. The summed E-state index contributed by atoms with van der Waals surface area (Å²) in [6.45, 7) is 0. The molecule has 0 aromatic heterocycles. The van der Waals surface area contributed by atoms with Crippen LogP contribution in [-0.2, 0) is 15.9 Å². The first-order valence-electron chi connectivity index (χ1n) is 6.48. The molecule has 18 heavy (non-hydrogen) atoms. The molecule has 0 N–H and O–H groups in total. The van der Waals surface area contributed by atoms with E-state index in [0.717, 1.165) is 12.8 Å². The quantitative estimate of drug-likeness (QED) is 0.819. The van der Waals surface area contributed by atoms with Crippen LogP contribution in [0.25, 0.3) is 0 Å². The summed E-state index contributed by atoms with van der Waals surface area (Å²) in [5.41, 5.74) is 2.81. The topological polar surface area (TPSA) is 42.2 Å². The van der Waals surface area contributed by atoms with Gasteiger partial charge in [-0.25, -0.2) is 0 Å². The summed E-state index contributed by atoms with van der Waals surface area (Å²) in [5, 5.41) is 8.75. The number of nitrogens with zero attached hydrogens (tertiary/aromatic N) is 1. The molecular formula is C15H17NO2. The lowest BCUT2D eigenvalue weighted by atomic mass is 9.88. The number of methoxy groups -OCH3 is 1. The van der Waals surface area contributed by atoms with Gasteiger partial charge in [0.25, 0.3) is 0 Å². The highest BCUT2D eigenvalue weighted by molar-refractivity contribution is 5.38. The van der Waals surface area contributed by atoms with E-state index in [9.17, 15) is 0 Å². The van der Waals surface area contributed by atoms with Crippen LogP contribution >= 0.6 is 0 Å². The van der Waals surface area contributed by atoms with E-state index in [2.05, 4.69) is 30.3 Å². The number of rotatable bonds is 3. The Bertz CT molecular complexity index is 480. The van der Waals surface area contributed by atoms with E-state index in [4.69, 9.17) is 14.7 Å². The van der Waals surface area contributed by atoms with Crippen molar-refractivity contribution in [3.05, 3.63) is 35.4 Å². The smallest absolute Gasteiger partial charge is 0.161 e. The van der Waals surface area contributed by atoms with E-state index in [1.165, 1.54) is 11.1 Å². The van der Waals surface area contributed by atoms with Crippen LogP contribution in [0.3, 0.4) is 0 Å². The molecule has 4 atom stereocenters. The van der Waals surface area contributed by atoms with Crippen molar-refractivity contribution in [3.8, 4) is 6.07 Å². The normalized spacial score (nSPS) is 32.9. The van der Waals surface area contributed by atoms with Gasteiger partial charge in [0.05, 0.1) is 12.2 Å². The van der Waals surface area contributed by atoms with Crippen molar-refractivity contribution in [1.82, 2.24) is 0 Å². The fourth-order valence-corrected chi connectivity index (χ4v) is 3.44. The summed E-state index contributed by atoms with van der Waals surface area (Å²) >= 11 is 0. The first-order valence-corrected chi connectivity index (χ1v) is 6.48. The summed E-state index contributed by atoms with van der Waals surface area (Å²) in [5.74, 6) is 0.815. The number of hydrogen-bond donors (Lipinski definition) is 0. The summed E-state index contributed by atoms with van der Waals surface area (Å²) < 4.78 is 11.4. The van der Waals surface area contributed by atoms with Crippen molar-refractivity contribution < 1.29 is 9.47 Å². The molecule has 0 saturated carbocycles. The Hall–Kier alpha value is -1.37. The number of fused-ring (bicyclic) bond motifs is 3. The highest BCUT2D eigenvalue weighted by Crippen LogP contribution is 2.49. The zero-order chi connectivity index (χ0) is 12.5. The van der Waals surface area contributed by atoms with Gasteiger partial charge in [-0.05, 0) is 24.0 Å². The van der Waals surface area contributed by atoms with E-state index in [-0.39, 0.29) is 12.4 Å². The van der Waals surface area contributed by atoms with Crippen molar-refractivity contribution in [2.24, 2.45) is 5.92 Å². The molecule has 3 rings (SSSR count). The van der Waals surface area contributed by atoms with Gasteiger partial charge in [0, 0.05) is 25.4 Å². The van der Waals surface area contributed by atoms with Gasteiger partial charge in [0.2, 0.25) is 0 Å². The predicted octanol–water partition coefficient (Wildman–Crippen LogP) is 2.62. The highest BCUT2D eigenvalue weighted by atomic mass is 16.7. The van der Waals surface area contributed by atoms with E-state index < -0.39 is 0 Å². The summed E-state index contributed by atoms with van der Waals surface area (Å²) in [7, 11) is 1.71. The Labute approximate surface area is 107 Å². The second-order valence-corrected chi connectivity index (χ2v) is 5.07. The minimum atomic E-state index is -0.119. The van der Waals surface area contributed by atoms with Gasteiger partial charge in [0.15, 0.2) is 6.29 Å². The van der Waals surface area contributed by atoms with Crippen molar-refractivity contribution in [3.63, 3.8) is 0 Å². The molecule has 1 aromatic carbocycles. The van der Waals surface area contributed by atoms with Crippen LogP contribution < -0.4 is 0 Å². The first-order chi connectivity index (χ1) is 8.85. The molecule has 1 fully saturated rings. The fourth-order valence-electron chi connectivity index (χ4n) is 3.44. The molecule has 0 amide bonds. The Morgan fingerprint density at radius 3 is 3.06 bits per heavy atom. The molecule has 2 aliphatic rings. The monoisotopic (exact) mass is 243 g/mol. The second kappa shape index (κ2) is 4.72. The van der Waals surface area contributed by atoms with Gasteiger partial charge in [-0.3, -0.25) is 0 Å². The van der Waals surface area contributed by atoms with Crippen LogP contribution in [0, 0.1) is 17.2 Å². The van der Waals surface area contributed by atoms with Crippen LogP contribution in [0.4, 0.5) is 0 Å². The molecule has 1 saturated heterocycles. The minimum absolute atomic E-state index is 0.119. The van der Waals surface area contributed by atoms with Crippen molar-refractivity contribution in [1.29, 1.82) is 5.26 Å². The van der Waals surface area contributed by atoms with Crippen molar-refractivity contribution >= 4 is 0 Å². The molecule has 0 bridgehead atoms. The lowest BCUT2D eigenvalue weighted by molar-refractivity contribution is -0.132. The highest BCUT2D eigenvalue weighted by Gasteiger charge is 2.49. The standard InChI is InChI=1S/C15H17NO2/c1-17-15-12-9-10-5-2-3-6-11(10)14(12)13(18-15)7-4-8-16/h2-3,5-6,12-15H,4,7,9H2,1H3/t12-,13+,14+,15-/m1/s1. The maximum Gasteiger partial charge on any atom is 0.161 e. The van der Waals surface area contributed by atoms with Crippen LogP contribution in [0.2, 0.25) is 0 Å². The third-order valence-electron chi connectivity index (χ3n) is 4.16. The zero-order valence-corrected chi connectivity index (χ0v) is 10.5. The Morgan fingerprint density at radius 1 is 1.44 bits per heavy atom. The molecule has 1 aromatic rings. The molecular weight excluding hydrogens is 226 g/mol. The summed E-state index contributed by atoms with van der Waals surface area (Å²) in [6.07, 6.45) is 2.38. The van der Waals surface area contributed by atoms with Crippen LogP contribution in [0.5, 0.6) is 0 Å². The Balaban J connectivity index is 1.90. The largest absolute Gasteiger partial charge is 0.356 e.